The summed E-state index contributed by atoms with van der Waals surface area (Å²) < 4.78 is 5.69. The van der Waals surface area contributed by atoms with Gasteiger partial charge in [0.15, 0.2) is 0 Å². The number of carbonyl (C=O) groups excluding carboxylic acids is 1. The zero-order valence-corrected chi connectivity index (χ0v) is 12.6. The molecule has 0 unspecified atom stereocenters. The minimum atomic E-state index is 0.116. The van der Waals surface area contributed by atoms with Crippen LogP contribution in [0.5, 0.6) is 0 Å². The van der Waals surface area contributed by atoms with Crippen LogP contribution in [0.1, 0.15) is 19.4 Å². The first kappa shape index (κ1) is 14.1. The smallest absolute Gasteiger partial charge is 0.227 e. The molecule has 1 heterocycles. The van der Waals surface area contributed by atoms with Crippen molar-refractivity contribution in [2.75, 3.05) is 13.1 Å². The fraction of sp³-hybridized carbons (Fsp3) is 0.389. The lowest BCUT2D eigenvalue weighted by atomic mass is 10.0. The molecule has 1 aliphatic heterocycles. The van der Waals surface area contributed by atoms with Crippen molar-refractivity contribution in [1.82, 2.24) is 4.90 Å². The van der Waals surface area contributed by atoms with Gasteiger partial charge in [-0.05, 0) is 30.2 Å². The van der Waals surface area contributed by atoms with Gasteiger partial charge in [0.2, 0.25) is 5.91 Å². The Morgan fingerprint density at radius 2 is 1.76 bits per heavy atom. The highest BCUT2D eigenvalue weighted by atomic mass is 16.5. The number of carbonyl (C=O) groups is 1. The Hall–Kier alpha value is -1.87. The third-order valence-corrected chi connectivity index (χ3v) is 3.99. The Morgan fingerprint density at radius 3 is 2.52 bits per heavy atom. The summed E-state index contributed by atoms with van der Waals surface area (Å²) in [5.74, 6) is 0.188. The molecule has 0 bridgehead atoms. The average Bonchev–Trinajstić information content (AvgIpc) is 2.46. The third-order valence-electron chi connectivity index (χ3n) is 3.99. The van der Waals surface area contributed by atoms with Crippen molar-refractivity contribution in [3.63, 3.8) is 0 Å². The van der Waals surface area contributed by atoms with Crippen molar-refractivity contribution in [2.45, 2.75) is 32.5 Å². The summed E-state index contributed by atoms with van der Waals surface area (Å²) in [6.45, 7) is 5.42. The largest absolute Gasteiger partial charge is 0.372 e. The second-order valence-corrected chi connectivity index (χ2v) is 5.87. The number of ether oxygens (including phenoxy) is 1. The van der Waals surface area contributed by atoms with Crippen molar-refractivity contribution in [3.8, 4) is 0 Å². The second kappa shape index (κ2) is 5.86. The van der Waals surface area contributed by atoms with Crippen LogP contribution < -0.4 is 0 Å². The van der Waals surface area contributed by atoms with Crippen molar-refractivity contribution in [3.05, 3.63) is 48.0 Å². The van der Waals surface area contributed by atoms with Crippen LogP contribution in [0.3, 0.4) is 0 Å². The van der Waals surface area contributed by atoms with Gasteiger partial charge >= 0.3 is 0 Å². The topological polar surface area (TPSA) is 29.5 Å². The van der Waals surface area contributed by atoms with E-state index in [-0.39, 0.29) is 18.1 Å². The zero-order valence-electron chi connectivity index (χ0n) is 12.6. The highest BCUT2D eigenvalue weighted by Gasteiger charge is 2.25. The molecular formula is C18H21NO2. The molecule has 21 heavy (non-hydrogen) atoms. The predicted octanol–water partition coefficient (Wildman–Crippen LogP) is 3.02. The lowest BCUT2D eigenvalue weighted by Gasteiger charge is -2.35. The van der Waals surface area contributed by atoms with E-state index < -0.39 is 0 Å². The Labute approximate surface area is 125 Å². The van der Waals surface area contributed by atoms with Crippen molar-refractivity contribution in [2.24, 2.45) is 0 Å². The van der Waals surface area contributed by atoms with Crippen LogP contribution in [0.2, 0.25) is 0 Å². The third kappa shape index (κ3) is 3.08. The summed E-state index contributed by atoms with van der Waals surface area (Å²) in [5.41, 5.74) is 1.10. The van der Waals surface area contributed by atoms with Gasteiger partial charge < -0.3 is 9.64 Å². The fourth-order valence-corrected chi connectivity index (χ4v) is 3.10. The highest BCUT2D eigenvalue weighted by molar-refractivity contribution is 5.90. The lowest BCUT2D eigenvalue weighted by Crippen LogP contribution is -2.48. The molecule has 1 fully saturated rings. The molecule has 3 rings (SSSR count). The number of rotatable bonds is 2. The van der Waals surface area contributed by atoms with Crippen molar-refractivity contribution < 1.29 is 9.53 Å². The van der Waals surface area contributed by atoms with E-state index in [1.165, 1.54) is 10.8 Å². The van der Waals surface area contributed by atoms with Crippen molar-refractivity contribution in [1.29, 1.82) is 0 Å². The van der Waals surface area contributed by atoms with Gasteiger partial charge in [0.25, 0.3) is 0 Å². The van der Waals surface area contributed by atoms with Gasteiger partial charge in [0, 0.05) is 13.1 Å². The number of hydrogen-bond acceptors (Lipinski definition) is 2. The molecule has 1 amide bonds. The molecule has 2 aromatic carbocycles. The van der Waals surface area contributed by atoms with E-state index in [1.807, 2.05) is 43.0 Å². The second-order valence-electron chi connectivity index (χ2n) is 5.87. The first-order valence-electron chi connectivity index (χ1n) is 7.53. The highest BCUT2D eigenvalue weighted by Crippen LogP contribution is 2.20. The maximum atomic E-state index is 12.6. The molecule has 0 radical (unpaired) electrons. The van der Waals surface area contributed by atoms with E-state index in [1.54, 1.807) is 0 Å². The molecule has 3 nitrogen and oxygen atoms in total. The van der Waals surface area contributed by atoms with E-state index >= 15 is 0 Å². The predicted molar refractivity (Wildman–Crippen MR) is 84.2 cm³/mol. The van der Waals surface area contributed by atoms with E-state index in [0.29, 0.717) is 19.5 Å². The monoisotopic (exact) mass is 283 g/mol. The van der Waals surface area contributed by atoms with Crippen LogP contribution in [0.15, 0.2) is 42.5 Å². The SMILES string of the molecule is C[C@@H]1CN(C(=O)Cc2cccc3ccccc23)C[C@@H](C)O1. The average molecular weight is 283 g/mol. The molecule has 110 valence electrons. The van der Waals surface area contributed by atoms with Gasteiger partial charge in [-0.15, -0.1) is 0 Å². The lowest BCUT2D eigenvalue weighted by molar-refractivity contribution is -0.142. The number of amides is 1. The minimum Gasteiger partial charge on any atom is -0.372 e. The number of nitrogens with zero attached hydrogens (tertiary/aromatic N) is 1. The summed E-state index contributed by atoms with van der Waals surface area (Å²) >= 11 is 0. The molecular weight excluding hydrogens is 262 g/mol. The maximum Gasteiger partial charge on any atom is 0.227 e. The first-order valence-corrected chi connectivity index (χ1v) is 7.53. The Morgan fingerprint density at radius 1 is 1.10 bits per heavy atom. The summed E-state index contributed by atoms with van der Waals surface area (Å²) in [5, 5.41) is 2.36. The molecule has 0 N–H and O–H groups in total. The van der Waals surface area contributed by atoms with E-state index in [4.69, 9.17) is 4.74 Å². The summed E-state index contributed by atoms with van der Waals surface area (Å²) in [6.07, 6.45) is 0.691. The van der Waals surface area contributed by atoms with E-state index in [0.717, 1.165) is 5.56 Å². The number of hydrogen-bond donors (Lipinski definition) is 0. The molecule has 2 aromatic rings. The fourth-order valence-electron chi connectivity index (χ4n) is 3.10. The quantitative estimate of drug-likeness (QED) is 0.848. The van der Waals surface area contributed by atoms with E-state index in [9.17, 15) is 4.79 Å². The Bertz CT molecular complexity index is 637. The van der Waals surface area contributed by atoms with Crippen LogP contribution in [0, 0.1) is 0 Å². The molecule has 3 heteroatoms. The van der Waals surface area contributed by atoms with Gasteiger partial charge in [-0.2, -0.15) is 0 Å². The molecule has 0 spiro atoms. The number of fused-ring (bicyclic) bond motifs is 1. The number of morpholine rings is 1. The van der Waals surface area contributed by atoms with Gasteiger partial charge in [-0.3, -0.25) is 4.79 Å². The standard InChI is InChI=1S/C18H21NO2/c1-13-11-19(12-14(2)21-13)18(20)10-16-8-5-7-15-6-3-4-9-17(15)16/h3-9,13-14H,10-12H2,1-2H3/t13-,14-/m1/s1. The Kier molecular flexibility index (Phi) is 3.93. The normalized spacial score (nSPS) is 22.5. The summed E-state index contributed by atoms with van der Waals surface area (Å²) in [6, 6.07) is 14.4. The molecule has 1 aliphatic rings. The van der Waals surface area contributed by atoms with Gasteiger partial charge in [0.05, 0.1) is 18.6 Å². The summed E-state index contributed by atoms with van der Waals surface area (Å²) in [7, 11) is 0. The van der Waals surface area contributed by atoms with Crippen LogP contribution in [0.4, 0.5) is 0 Å². The van der Waals surface area contributed by atoms with E-state index in [2.05, 4.69) is 18.2 Å². The maximum absolute atomic E-state index is 12.6. The van der Waals surface area contributed by atoms with Crippen LogP contribution in [-0.2, 0) is 16.0 Å². The number of benzene rings is 2. The van der Waals surface area contributed by atoms with Crippen LogP contribution >= 0.6 is 0 Å². The minimum absolute atomic E-state index is 0.116. The molecule has 0 aromatic heterocycles. The molecule has 1 saturated heterocycles. The van der Waals surface area contributed by atoms with Gasteiger partial charge in [-0.25, -0.2) is 0 Å². The molecule has 0 aliphatic carbocycles. The molecule has 0 saturated carbocycles. The summed E-state index contributed by atoms with van der Waals surface area (Å²) in [4.78, 5) is 14.5. The van der Waals surface area contributed by atoms with Crippen LogP contribution in [0.25, 0.3) is 10.8 Å². The molecule has 2 atom stereocenters. The first-order chi connectivity index (χ1) is 10.1. The zero-order chi connectivity index (χ0) is 14.8. The van der Waals surface area contributed by atoms with Crippen LogP contribution in [-0.4, -0.2) is 36.1 Å². The van der Waals surface area contributed by atoms with Gasteiger partial charge in [0.1, 0.15) is 0 Å². The van der Waals surface area contributed by atoms with Gasteiger partial charge in [-0.1, -0.05) is 42.5 Å². The Balaban J connectivity index is 1.80. The van der Waals surface area contributed by atoms with Crippen molar-refractivity contribution >= 4 is 16.7 Å².